The molecule has 0 spiro atoms. The van der Waals surface area contributed by atoms with Crippen LogP contribution in [0.2, 0.25) is 0 Å². The van der Waals surface area contributed by atoms with E-state index >= 15 is 0 Å². The highest BCUT2D eigenvalue weighted by Gasteiger charge is 2.53. The fourth-order valence-electron chi connectivity index (χ4n) is 4.45. The number of morpholine rings is 1. The second-order valence-corrected chi connectivity index (χ2v) is 7.50. The Morgan fingerprint density at radius 1 is 1.21 bits per heavy atom. The number of carbonyl (C=O) groups is 2. The van der Waals surface area contributed by atoms with E-state index < -0.39 is 5.54 Å². The zero-order valence-electron chi connectivity index (χ0n) is 16.0. The zero-order chi connectivity index (χ0) is 19.9. The molecule has 0 saturated carbocycles. The number of likely N-dealkylation sites (tertiary alicyclic amines) is 1. The van der Waals surface area contributed by atoms with E-state index in [0.717, 1.165) is 5.56 Å². The number of aryl methyl sites for hydroxylation is 1. The van der Waals surface area contributed by atoms with Crippen LogP contribution in [0.25, 0.3) is 0 Å². The van der Waals surface area contributed by atoms with E-state index in [-0.39, 0.29) is 30.3 Å². The first kappa shape index (κ1) is 18.6. The predicted octanol–water partition coefficient (Wildman–Crippen LogP) is 2.73. The van der Waals surface area contributed by atoms with Crippen molar-refractivity contribution in [2.45, 2.75) is 25.0 Å². The van der Waals surface area contributed by atoms with Gasteiger partial charge in [-0.25, -0.2) is 4.39 Å². The number of amides is 2. The number of hydrogen-bond donors (Lipinski definition) is 0. The number of hydrogen-bond acceptors (Lipinski definition) is 3. The number of benzene rings is 2. The van der Waals surface area contributed by atoms with Gasteiger partial charge in [-0.15, -0.1) is 0 Å². The maximum absolute atomic E-state index is 13.4. The van der Waals surface area contributed by atoms with E-state index in [2.05, 4.69) is 0 Å². The normalized spacial score (nSPS) is 24.8. The molecule has 0 radical (unpaired) electrons. The lowest BCUT2D eigenvalue weighted by Crippen LogP contribution is -2.67. The summed E-state index contributed by atoms with van der Waals surface area (Å²) >= 11 is 0. The Labute approximate surface area is 163 Å². The molecule has 0 aliphatic carbocycles. The monoisotopic (exact) mass is 382 g/mol. The third-order valence-electron chi connectivity index (χ3n) is 6.04. The Bertz CT molecular complexity index is 917. The third kappa shape index (κ3) is 2.88. The van der Waals surface area contributed by atoms with Crippen LogP contribution in [0.3, 0.4) is 0 Å². The molecule has 2 saturated heterocycles. The van der Waals surface area contributed by atoms with Crippen molar-refractivity contribution in [1.82, 2.24) is 9.80 Å². The molecule has 2 aliphatic heterocycles. The van der Waals surface area contributed by atoms with Crippen LogP contribution in [0.5, 0.6) is 0 Å². The van der Waals surface area contributed by atoms with Crippen molar-refractivity contribution in [3.63, 3.8) is 0 Å². The Balaban J connectivity index is 1.66. The van der Waals surface area contributed by atoms with Gasteiger partial charge in [0.15, 0.2) is 0 Å². The highest BCUT2D eigenvalue weighted by Crippen LogP contribution is 2.42. The molecule has 28 heavy (non-hydrogen) atoms. The summed E-state index contributed by atoms with van der Waals surface area (Å²) in [5.41, 5.74) is 1.53. The number of nitrogens with zero attached hydrogens (tertiary/aromatic N) is 2. The summed E-state index contributed by atoms with van der Waals surface area (Å²) in [6.07, 6.45) is 0.256. The number of piperidine rings is 1. The van der Waals surface area contributed by atoms with Crippen LogP contribution < -0.4 is 0 Å². The van der Waals surface area contributed by atoms with Gasteiger partial charge >= 0.3 is 0 Å². The van der Waals surface area contributed by atoms with Gasteiger partial charge in [-0.1, -0.05) is 30.3 Å². The fourth-order valence-corrected chi connectivity index (χ4v) is 4.45. The highest BCUT2D eigenvalue weighted by molar-refractivity contribution is 5.95. The minimum atomic E-state index is -0.592. The summed E-state index contributed by atoms with van der Waals surface area (Å²) in [6, 6.07) is 14.1. The Hall–Kier alpha value is -2.73. The Morgan fingerprint density at radius 3 is 2.68 bits per heavy atom. The minimum Gasteiger partial charge on any atom is -0.364 e. The standard InChI is InChI=1S/C22H23FN2O3/c1-15-12-17(23)8-9-18(15)21(27)25-11-10-22(16-6-4-3-5-7-16)19(13-25)28-14-20(26)24(22)2/h3-9,12,19H,10-11,13-14H2,1-2H3/t19-,22+/m1/s1. The third-order valence-corrected chi connectivity index (χ3v) is 6.04. The largest absolute Gasteiger partial charge is 0.364 e. The highest BCUT2D eigenvalue weighted by atomic mass is 19.1. The number of fused-ring (bicyclic) bond motifs is 1. The number of likely N-dealkylation sites (N-methyl/N-ethyl adjacent to an activating group) is 1. The van der Waals surface area contributed by atoms with Gasteiger partial charge in [0.05, 0.1) is 5.54 Å². The number of carbonyl (C=O) groups excluding carboxylic acids is 2. The zero-order valence-corrected chi connectivity index (χ0v) is 16.0. The molecule has 2 aromatic rings. The molecule has 2 aliphatic rings. The van der Waals surface area contributed by atoms with Crippen LogP contribution in [-0.2, 0) is 15.1 Å². The summed E-state index contributed by atoms with van der Waals surface area (Å²) in [6.45, 7) is 2.61. The lowest BCUT2D eigenvalue weighted by atomic mass is 9.76. The van der Waals surface area contributed by atoms with E-state index in [1.807, 2.05) is 37.4 Å². The number of rotatable bonds is 2. The van der Waals surface area contributed by atoms with Gasteiger partial charge in [0.1, 0.15) is 18.5 Å². The van der Waals surface area contributed by atoms with Crippen LogP contribution in [0, 0.1) is 12.7 Å². The smallest absolute Gasteiger partial charge is 0.254 e. The summed E-state index contributed by atoms with van der Waals surface area (Å²) in [4.78, 5) is 29.0. The molecule has 2 amide bonds. The molecule has 2 aromatic carbocycles. The van der Waals surface area contributed by atoms with Crippen LogP contribution in [0.15, 0.2) is 48.5 Å². The first-order valence-electron chi connectivity index (χ1n) is 9.42. The molecular weight excluding hydrogens is 359 g/mol. The maximum Gasteiger partial charge on any atom is 0.254 e. The second kappa shape index (κ2) is 7.02. The van der Waals surface area contributed by atoms with E-state index in [4.69, 9.17) is 4.74 Å². The summed E-state index contributed by atoms with van der Waals surface area (Å²) in [5.74, 6) is -0.553. The second-order valence-electron chi connectivity index (χ2n) is 7.50. The van der Waals surface area contributed by atoms with Gasteiger partial charge in [-0.2, -0.15) is 0 Å². The molecule has 6 heteroatoms. The molecule has 2 fully saturated rings. The Morgan fingerprint density at radius 2 is 1.96 bits per heavy atom. The number of halogens is 1. The topological polar surface area (TPSA) is 49.9 Å². The molecule has 0 unspecified atom stereocenters. The van der Waals surface area contributed by atoms with Crippen LogP contribution >= 0.6 is 0 Å². The molecule has 2 heterocycles. The Kier molecular flexibility index (Phi) is 4.67. The summed E-state index contributed by atoms with van der Waals surface area (Å²) < 4.78 is 19.4. The molecule has 2 atom stereocenters. The van der Waals surface area contributed by atoms with E-state index in [1.54, 1.807) is 16.7 Å². The first-order valence-corrected chi connectivity index (χ1v) is 9.42. The van der Waals surface area contributed by atoms with Crippen molar-refractivity contribution in [3.05, 3.63) is 71.0 Å². The number of ether oxygens (including phenoxy) is 1. The lowest BCUT2D eigenvalue weighted by molar-refractivity contribution is -0.180. The van der Waals surface area contributed by atoms with Crippen molar-refractivity contribution in [2.24, 2.45) is 0 Å². The van der Waals surface area contributed by atoms with Crippen LogP contribution in [0.4, 0.5) is 4.39 Å². The minimum absolute atomic E-state index is 0.00730. The molecule has 0 aromatic heterocycles. The van der Waals surface area contributed by atoms with Gasteiger partial charge < -0.3 is 14.5 Å². The van der Waals surface area contributed by atoms with Gasteiger partial charge in [-0.05, 0) is 42.7 Å². The van der Waals surface area contributed by atoms with Crippen LogP contribution in [-0.4, -0.2) is 54.5 Å². The van der Waals surface area contributed by atoms with Crippen molar-refractivity contribution in [3.8, 4) is 0 Å². The van der Waals surface area contributed by atoms with E-state index in [0.29, 0.717) is 30.6 Å². The molecule has 5 nitrogen and oxygen atoms in total. The van der Waals surface area contributed by atoms with Gasteiger partial charge in [0.25, 0.3) is 5.91 Å². The molecule has 4 rings (SSSR count). The predicted molar refractivity (Wildman–Crippen MR) is 102 cm³/mol. The van der Waals surface area contributed by atoms with E-state index in [1.165, 1.54) is 18.2 Å². The fraction of sp³-hybridized carbons (Fsp3) is 0.364. The lowest BCUT2D eigenvalue weighted by Gasteiger charge is -2.54. The van der Waals surface area contributed by atoms with Crippen LogP contribution in [0.1, 0.15) is 27.9 Å². The van der Waals surface area contributed by atoms with Crippen molar-refractivity contribution >= 4 is 11.8 Å². The average molecular weight is 382 g/mol. The summed E-state index contributed by atoms with van der Waals surface area (Å²) in [5, 5.41) is 0. The SMILES string of the molecule is Cc1cc(F)ccc1C(=O)N1CC[C@]2(c3ccccc3)[C@@H](C1)OCC(=O)N2C. The first-order chi connectivity index (χ1) is 13.4. The van der Waals surface area contributed by atoms with Gasteiger partial charge in [0.2, 0.25) is 5.91 Å². The maximum atomic E-state index is 13.4. The molecule has 146 valence electrons. The van der Waals surface area contributed by atoms with Crippen molar-refractivity contribution < 1.29 is 18.7 Å². The van der Waals surface area contributed by atoms with Gasteiger partial charge in [-0.3, -0.25) is 9.59 Å². The molecule has 0 N–H and O–H groups in total. The average Bonchev–Trinajstić information content (AvgIpc) is 2.71. The van der Waals surface area contributed by atoms with Crippen molar-refractivity contribution in [1.29, 1.82) is 0 Å². The summed E-state index contributed by atoms with van der Waals surface area (Å²) in [7, 11) is 1.81. The van der Waals surface area contributed by atoms with E-state index in [9.17, 15) is 14.0 Å². The van der Waals surface area contributed by atoms with Gasteiger partial charge in [0, 0.05) is 25.7 Å². The molecule has 0 bridgehead atoms. The quantitative estimate of drug-likeness (QED) is 0.803. The molecular formula is C22H23FN2O3. The van der Waals surface area contributed by atoms with Crippen molar-refractivity contribution in [2.75, 3.05) is 26.7 Å².